The van der Waals surface area contributed by atoms with Crippen LogP contribution in [-0.4, -0.2) is 37.4 Å². The molecule has 0 atom stereocenters. The normalized spacial score (nSPS) is 10.1. The first-order valence-corrected chi connectivity index (χ1v) is 10.00. The lowest BCUT2D eigenvalue weighted by Crippen LogP contribution is -2.34. The summed E-state index contributed by atoms with van der Waals surface area (Å²) in [5.41, 5.74) is 1.05. The molecular formula is C22H18N2O6S. The summed E-state index contributed by atoms with van der Waals surface area (Å²) in [5, 5.41) is 8.23. The van der Waals surface area contributed by atoms with Gasteiger partial charge in [0.1, 0.15) is 5.75 Å². The van der Waals surface area contributed by atoms with Crippen LogP contribution in [0.5, 0.6) is 5.75 Å². The molecule has 0 spiro atoms. The third-order valence-electron chi connectivity index (χ3n) is 4.12. The van der Waals surface area contributed by atoms with Crippen molar-refractivity contribution in [3.8, 4) is 5.75 Å². The standard InChI is InChI=1S/C22H18N2O6S/c1-29-16-8-6-14(7-9-16)20(26)24-19(25)12-30-22(28)17-4-2-3-5-18(17)23-21(27)15-10-11-31-13-15/h2-11,13H,12H2,1H3,(H,23,27)(H,24,25,26). The third-order valence-corrected chi connectivity index (χ3v) is 4.80. The summed E-state index contributed by atoms with van der Waals surface area (Å²) in [7, 11) is 1.50. The van der Waals surface area contributed by atoms with Gasteiger partial charge in [-0.3, -0.25) is 19.7 Å². The highest BCUT2D eigenvalue weighted by Crippen LogP contribution is 2.18. The van der Waals surface area contributed by atoms with E-state index >= 15 is 0 Å². The van der Waals surface area contributed by atoms with E-state index in [0.29, 0.717) is 11.3 Å². The first-order valence-electron chi connectivity index (χ1n) is 9.06. The second kappa shape index (κ2) is 10.2. The van der Waals surface area contributed by atoms with E-state index in [0.717, 1.165) is 0 Å². The Hall–Kier alpha value is -3.98. The number of imide groups is 1. The lowest BCUT2D eigenvalue weighted by molar-refractivity contribution is -0.123. The van der Waals surface area contributed by atoms with Crippen LogP contribution in [0.4, 0.5) is 5.69 Å². The molecule has 0 radical (unpaired) electrons. The fraction of sp³-hybridized carbons (Fsp3) is 0.0909. The van der Waals surface area contributed by atoms with E-state index < -0.39 is 24.4 Å². The smallest absolute Gasteiger partial charge is 0.340 e. The summed E-state index contributed by atoms with van der Waals surface area (Å²) in [4.78, 5) is 48.8. The summed E-state index contributed by atoms with van der Waals surface area (Å²) in [6.07, 6.45) is 0. The molecule has 2 N–H and O–H groups in total. The van der Waals surface area contributed by atoms with Crippen LogP contribution in [-0.2, 0) is 9.53 Å². The third kappa shape index (κ3) is 5.77. The number of para-hydroxylation sites is 1. The first kappa shape index (κ1) is 21.7. The Kier molecular flexibility index (Phi) is 7.13. The predicted molar refractivity (Wildman–Crippen MR) is 114 cm³/mol. The van der Waals surface area contributed by atoms with E-state index in [1.165, 1.54) is 36.6 Å². The van der Waals surface area contributed by atoms with Gasteiger partial charge in [0.2, 0.25) is 0 Å². The molecule has 158 valence electrons. The van der Waals surface area contributed by atoms with Gasteiger partial charge < -0.3 is 14.8 Å². The molecule has 31 heavy (non-hydrogen) atoms. The molecule has 0 aliphatic carbocycles. The largest absolute Gasteiger partial charge is 0.497 e. The van der Waals surface area contributed by atoms with Crippen molar-refractivity contribution in [3.05, 3.63) is 82.0 Å². The molecule has 0 saturated heterocycles. The second-order valence-corrected chi connectivity index (χ2v) is 6.97. The number of anilines is 1. The van der Waals surface area contributed by atoms with Crippen LogP contribution in [0.25, 0.3) is 0 Å². The Morgan fingerprint density at radius 3 is 2.32 bits per heavy atom. The highest BCUT2D eigenvalue weighted by molar-refractivity contribution is 7.08. The summed E-state index contributed by atoms with van der Waals surface area (Å²) in [6, 6.07) is 14.1. The van der Waals surface area contributed by atoms with Gasteiger partial charge in [0.05, 0.1) is 23.9 Å². The minimum atomic E-state index is -0.812. The number of esters is 1. The molecule has 0 aliphatic rings. The highest BCUT2D eigenvalue weighted by atomic mass is 32.1. The fourth-order valence-corrected chi connectivity index (χ4v) is 3.18. The maximum absolute atomic E-state index is 12.4. The zero-order valence-electron chi connectivity index (χ0n) is 16.4. The van der Waals surface area contributed by atoms with Crippen molar-refractivity contribution in [2.24, 2.45) is 0 Å². The van der Waals surface area contributed by atoms with Crippen LogP contribution < -0.4 is 15.4 Å². The maximum atomic E-state index is 12.4. The van der Waals surface area contributed by atoms with Crippen molar-refractivity contribution < 1.29 is 28.7 Å². The lowest BCUT2D eigenvalue weighted by Gasteiger charge is -2.10. The number of carbonyl (C=O) groups is 4. The lowest BCUT2D eigenvalue weighted by atomic mass is 10.1. The molecule has 0 bridgehead atoms. The summed E-state index contributed by atoms with van der Waals surface area (Å²) < 4.78 is 10.0. The van der Waals surface area contributed by atoms with Gasteiger partial charge >= 0.3 is 5.97 Å². The average molecular weight is 438 g/mol. The van der Waals surface area contributed by atoms with E-state index in [1.54, 1.807) is 47.2 Å². The van der Waals surface area contributed by atoms with Crippen molar-refractivity contribution in [1.29, 1.82) is 0 Å². The molecular weight excluding hydrogens is 420 g/mol. The van der Waals surface area contributed by atoms with Crippen LogP contribution in [0.15, 0.2) is 65.4 Å². The highest BCUT2D eigenvalue weighted by Gasteiger charge is 2.18. The Bertz CT molecular complexity index is 1090. The van der Waals surface area contributed by atoms with Gasteiger partial charge in [0.25, 0.3) is 17.7 Å². The zero-order chi connectivity index (χ0) is 22.2. The van der Waals surface area contributed by atoms with E-state index in [1.807, 2.05) is 0 Å². The van der Waals surface area contributed by atoms with Crippen molar-refractivity contribution in [2.45, 2.75) is 0 Å². The molecule has 3 rings (SSSR count). The molecule has 8 nitrogen and oxygen atoms in total. The van der Waals surface area contributed by atoms with E-state index in [2.05, 4.69) is 10.6 Å². The topological polar surface area (TPSA) is 111 Å². The number of methoxy groups -OCH3 is 1. The van der Waals surface area contributed by atoms with Gasteiger partial charge in [0, 0.05) is 10.9 Å². The molecule has 0 fully saturated rings. The number of amides is 3. The number of rotatable bonds is 7. The fourth-order valence-electron chi connectivity index (χ4n) is 2.54. The summed E-state index contributed by atoms with van der Waals surface area (Å²) in [6.45, 7) is -0.659. The molecule has 3 aromatic rings. The van der Waals surface area contributed by atoms with Crippen LogP contribution in [0, 0.1) is 0 Å². The van der Waals surface area contributed by atoms with E-state index in [9.17, 15) is 19.2 Å². The number of benzene rings is 2. The molecule has 0 unspecified atom stereocenters. The average Bonchev–Trinajstić information content (AvgIpc) is 3.33. The Morgan fingerprint density at radius 1 is 0.903 bits per heavy atom. The monoisotopic (exact) mass is 438 g/mol. The maximum Gasteiger partial charge on any atom is 0.340 e. The quantitative estimate of drug-likeness (QED) is 0.549. The minimum absolute atomic E-state index is 0.0837. The molecule has 9 heteroatoms. The number of hydrogen-bond acceptors (Lipinski definition) is 7. The number of hydrogen-bond donors (Lipinski definition) is 2. The van der Waals surface area contributed by atoms with Gasteiger partial charge in [-0.2, -0.15) is 11.3 Å². The zero-order valence-corrected chi connectivity index (χ0v) is 17.2. The Labute approximate surface area is 181 Å². The van der Waals surface area contributed by atoms with Crippen LogP contribution in [0.2, 0.25) is 0 Å². The van der Waals surface area contributed by atoms with E-state index in [-0.39, 0.29) is 22.7 Å². The van der Waals surface area contributed by atoms with Gasteiger partial charge in [-0.05, 0) is 47.8 Å². The minimum Gasteiger partial charge on any atom is -0.497 e. The molecule has 1 heterocycles. The SMILES string of the molecule is COc1ccc(C(=O)NC(=O)COC(=O)c2ccccc2NC(=O)c2ccsc2)cc1. The number of ether oxygens (including phenoxy) is 2. The van der Waals surface area contributed by atoms with Gasteiger partial charge in [-0.15, -0.1) is 0 Å². The second-order valence-electron chi connectivity index (χ2n) is 6.19. The number of thiophene rings is 1. The van der Waals surface area contributed by atoms with Crippen LogP contribution in [0.1, 0.15) is 31.1 Å². The van der Waals surface area contributed by atoms with Gasteiger partial charge in [0.15, 0.2) is 6.61 Å². The van der Waals surface area contributed by atoms with Gasteiger partial charge in [-0.25, -0.2) is 4.79 Å². The molecule has 2 aromatic carbocycles. The predicted octanol–water partition coefficient (Wildman–Crippen LogP) is 3.12. The van der Waals surface area contributed by atoms with Crippen molar-refractivity contribution in [3.63, 3.8) is 0 Å². The molecule has 0 saturated carbocycles. The summed E-state index contributed by atoms with van der Waals surface area (Å²) in [5.74, 6) is -2.03. The van der Waals surface area contributed by atoms with Crippen molar-refractivity contribution in [2.75, 3.05) is 19.0 Å². The molecule has 3 amide bonds. The number of nitrogens with one attached hydrogen (secondary N) is 2. The summed E-state index contributed by atoms with van der Waals surface area (Å²) >= 11 is 1.37. The van der Waals surface area contributed by atoms with E-state index in [4.69, 9.17) is 9.47 Å². The van der Waals surface area contributed by atoms with Crippen molar-refractivity contribution >= 4 is 40.7 Å². The first-order chi connectivity index (χ1) is 15.0. The number of carbonyl (C=O) groups excluding carboxylic acids is 4. The Balaban J connectivity index is 1.57. The Morgan fingerprint density at radius 2 is 1.65 bits per heavy atom. The van der Waals surface area contributed by atoms with Gasteiger partial charge in [-0.1, -0.05) is 12.1 Å². The van der Waals surface area contributed by atoms with Crippen molar-refractivity contribution in [1.82, 2.24) is 5.32 Å². The van der Waals surface area contributed by atoms with Crippen LogP contribution >= 0.6 is 11.3 Å². The molecule has 1 aromatic heterocycles. The van der Waals surface area contributed by atoms with Crippen LogP contribution in [0.3, 0.4) is 0 Å². The molecule has 0 aliphatic heterocycles.